The molecule has 1 aliphatic rings. The molecular formula is C13H16BrN3S. The zero-order valence-electron chi connectivity index (χ0n) is 10.3. The van der Waals surface area contributed by atoms with Crippen LogP contribution in [0.2, 0.25) is 0 Å². The molecule has 1 aliphatic heterocycles. The van der Waals surface area contributed by atoms with Gasteiger partial charge in [0, 0.05) is 28.5 Å². The predicted molar refractivity (Wildman–Crippen MR) is 79.1 cm³/mol. The Labute approximate surface area is 119 Å². The first-order valence-electron chi connectivity index (χ1n) is 6.23. The van der Waals surface area contributed by atoms with Crippen LogP contribution in [0.3, 0.4) is 0 Å². The van der Waals surface area contributed by atoms with Crippen molar-refractivity contribution in [2.75, 3.05) is 13.1 Å². The van der Waals surface area contributed by atoms with Crippen LogP contribution in [0, 0.1) is 0 Å². The molecule has 3 rings (SSSR count). The van der Waals surface area contributed by atoms with E-state index in [-0.39, 0.29) is 0 Å². The Morgan fingerprint density at radius 3 is 2.83 bits per heavy atom. The summed E-state index contributed by atoms with van der Waals surface area (Å²) in [5.41, 5.74) is 2.47. The molecule has 0 spiro atoms. The average Bonchev–Trinajstić information content (AvgIpc) is 2.97. The van der Waals surface area contributed by atoms with Crippen LogP contribution in [0.25, 0.3) is 10.6 Å². The highest BCUT2D eigenvalue weighted by Crippen LogP contribution is 2.32. The van der Waals surface area contributed by atoms with Gasteiger partial charge in [-0.2, -0.15) is 5.10 Å². The first kappa shape index (κ1) is 12.4. The molecule has 3 heterocycles. The first-order valence-corrected chi connectivity index (χ1v) is 7.90. The van der Waals surface area contributed by atoms with E-state index in [2.05, 4.69) is 55.6 Å². The van der Waals surface area contributed by atoms with Gasteiger partial charge in [-0.05, 0) is 54.0 Å². The summed E-state index contributed by atoms with van der Waals surface area (Å²) in [4.78, 5) is 1.23. The number of nitrogens with zero attached hydrogens (tertiary/aromatic N) is 2. The van der Waals surface area contributed by atoms with Crippen molar-refractivity contribution in [3.8, 4) is 10.6 Å². The van der Waals surface area contributed by atoms with E-state index in [1.54, 1.807) is 11.3 Å². The molecular weight excluding hydrogens is 310 g/mol. The van der Waals surface area contributed by atoms with E-state index < -0.39 is 0 Å². The molecule has 96 valence electrons. The van der Waals surface area contributed by atoms with Gasteiger partial charge in [0.25, 0.3) is 0 Å². The minimum Gasteiger partial charge on any atom is -0.317 e. The lowest BCUT2D eigenvalue weighted by Gasteiger charge is -2.22. The number of aromatic nitrogens is 2. The Hall–Kier alpha value is -0.650. The molecule has 0 bridgehead atoms. The van der Waals surface area contributed by atoms with Crippen LogP contribution in [0.4, 0.5) is 0 Å². The van der Waals surface area contributed by atoms with Gasteiger partial charge in [0.2, 0.25) is 0 Å². The Bertz CT molecular complexity index is 540. The minimum absolute atomic E-state index is 0.654. The van der Waals surface area contributed by atoms with Gasteiger partial charge in [0.05, 0.1) is 4.88 Å². The second-order valence-corrected chi connectivity index (χ2v) is 6.56. The van der Waals surface area contributed by atoms with Crippen LogP contribution >= 0.6 is 27.3 Å². The van der Waals surface area contributed by atoms with Crippen molar-refractivity contribution >= 4 is 27.3 Å². The average molecular weight is 326 g/mol. The fraction of sp³-hybridized carbons (Fsp3) is 0.462. The van der Waals surface area contributed by atoms with Gasteiger partial charge in [0.1, 0.15) is 5.69 Å². The topological polar surface area (TPSA) is 29.9 Å². The van der Waals surface area contributed by atoms with Gasteiger partial charge in [-0.25, -0.2) is 0 Å². The highest BCUT2D eigenvalue weighted by molar-refractivity contribution is 9.10. The molecule has 0 amide bonds. The molecule has 2 aromatic heterocycles. The molecule has 0 unspecified atom stereocenters. The molecule has 0 saturated carbocycles. The second-order valence-electron chi connectivity index (χ2n) is 4.73. The van der Waals surface area contributed by atoms with Crippen molar-refractivity contribution in [3.63, 3.8) is 0 Å². The summed E-state index contributed by atoms with van der Waals surface area (Å²) in [6.07, 6.45) is 2.43. The zero-order chi connectivity index (χ0) is 12.5. The Balaban J connectivity index is 1.90. The number of thiophene rings is 1. The van der Waals surface area contributed by atoms with E-state index in [1.807, 2.05) is 0 Å². The number of hydrogen-bond acceptors (Lipinski definition) is 3. The largest absolute Gasteiger partial charge is 0.317 e. The molecule has 0 aliphatic carbocycles. The van der Waals surface area contributed by atoms with E-state index in [0.29, 0.717) is 5.92 Å². The fourth-order valence-corrected chi connectivity index (χ4v) is 3.93. The third kappa shape index (κ3) is 2.39. The monoisotopic (exact) mass is 325 g/mol. The van der Waals surface area contributed by atoms with E-state index >= 15 is 0 Å². The molecule has 1 N–H and O–H groups in total. The Morgan fingerprint density at radius 1 is 1.39 bits per heavy atom. The van der Waals surface area contributed by atoms with Gasteiger partial charge in [-0.1, -0.05) is 0 Å². The van der Waals surface area contributed by atoms with Gasteiger partial charge < -0.3 is 5.32 Å². The number of piperidine rings is 1. The molecule has 3 nitrogen and oxygen atoms in total. The smallest absolute Gasteiger partial charge is 0.103 e. The van der Waals surface area contributed by atoms with Gasteiger partial charge in [-0.15, -0.1) is 11.3 Å². The van der Waals surface area contributed by atoms with E-state index in [1.165, 1.54) is 23.4 Å². The minimum atomic E-state index is 0.654. The highest BCUT2D eigenvalue weighted by atomic mass is 79.9. The van der Waals surface area contributed by atoms with Crippen LogP contribution in [0.5, 0.6) is 0 Å². The molecule has 0 radical (unpaired) electrons. The number of nitrogens with one attached hydrogen (secondary N) is 1. The van der Waals surface area contributed by atoms with Gasteiger partial charge in [0.15, 0.2) is 0 Å². The predicted octanol–water partition coefficient (Wildman–Crippen LogP) is 3.38. The zero-order valence-corrected chi connectivity index (χ0v) is 12.7. The van der Waals surface area contributed by atoms with Crippen molar-refractivity contribution in [3.05, 3.63) is 27.7 Å². The number of aryl methyl sites for hydroxylation is 1. The lowest BCUT2D eigenvalue weighted by Crippen LogP contribution is -2.27. The summed E-state index contributed by atoms with van der Waals surface area (Å²) in [6, 6.07) is 4.40. The van der Waals surface area contributed by atoms with Crippen LogP contribution in [-0.4, -0.2) is 22.9 Å². The van der Waals surface area contributed by atoms with Crippen molar-refractivity contribution < 1.29 is 0 Å². The fourth-order valence-electron chi connectivity index (χ4n) is 2.55. The number of rotatable bonds is 2. The maximum Gasteiger partial charge on any atom is 0.103 e. The molecule has 18 heavy (non-hydrogen) atoms. The summed E-state index contributed by atoms with van der Waals surface area (Å²) in [7, 11) is 2.06. The molecule has 2 aromatic rings. The maximum absolute atomic E-state index is 4.66. The summed E-state index contributed by atoms with van der Waals surface area (Å²) < 4.78 is 3.19. The van der Waals surface area contributed by atoms with E-state index in [4.69, 9.17) is 0 Å². The molecule has 5 heteroatoms. The quantitative estimate of drug-likeness (QED) is 0.917. The summed E-state index contributed by atoms with van der Waals surface area (Å²) in [6.45, 7) is 2.24. The van der Waals surface area contributed by atoms with Crippen molar-refractivity contribution in [1.82, 2.24) is 15.1 Å². The Kier molecular flexibility index (Phi) is 3.54. The van der Waals surface area contributed by atoms with Crippen molar-refractivity contribution in [2.24, 2.45) is 7.05 Å². The van der Waals surface area contributed by atoms with Crippen LogP contribution in [0.1, 0.15) is 24.5 Å². The molecule has 0 atom stereocenters. The maximum atomic E-state index is 4.66. The number of hydrogen-bond donors (Lipinski definition) is 1. The molecule has 0 aromatic carbocycles. The van der Waals surface area contributed by atoms with Crippen LogP contribution < -0.4 is 5.32 Å². The molecule has 1 saturated heterocycles. The first-order chi connectivity index (χ1) is 8.74. The number of halogens is 1. The second kappa shape index (κ2) is 5.15. The SMILES string of the molecule is Cn1nc(-c2cc(Br)cs2)cc1C1CCNCC1. The lowest BCUT2D eigenvalue weighted by atomic mass is 9.94. The van der Waals surface area contributed by atoms with Crippen LogP contribution in [-0.2, 0) is 7.05 Å². The molecule has 1 fully saturated rings. The summed E-state index contributed by atoms with van der Waals surface area (Å²) in [5, 5.41) is 10.2. The third-order valence-corrected chi connectivity index (χ3v) is 5.21. The van der Waals surface area contributed by atoms with Crippen molar-refractivity contribution in [1.29, 1.82) is 0 Å². The van der Waals surface area contributed by atoms with E-state index in [0.717, 1.165) is 23.3 Å². The Morgan fingerprint density at radius 2 is 2.17 bits per heavy atom. The summed E-state index contributed by atoms with van der Waals surface area (Å²) in [5.74, 6) is 0.654. The normalized spacial score (nSPS) is 17.2. The summed E-state index contributed by atoms with van der Waals surface area (Å²) >= 11 is 5.24. The highest BCUT2D eigenvalue weighted by Gasteiger charge is 2.20. The van der Waals surface area contributed by atoms with Crippen LogP contribution in [0.15, 0.2) is 22.0 Å². The standard InChI is InChI=1S/C13H16BrN3S/c1-17-12(9-2-4-15-5-3-9)7-11(16-17)13-6-10(14)8-18-13/h6-9,15H,2-5H2,1H3. The third-order valence-electron chi connectivity index (χ3n) is 3.49. The lowest BCUT2D eigenvalue weighted by molar-refractivity contribution is 0.440. The van der Waals surface area contributed by atoms with Gasteiger partial charge >= 0.3 is 0 Å². The van der Waals surface area contributed by atoms with Crippen molar-refractivity contribution in [2.45, 2.75) is 18.8 Å². The van der Waals surface area contributed by atoms with E-state index in [9.17, 15) is 0 Å². The van der Waals surface area contributed by atoms with Gasteiger partial charge in [-0.3, -0.25) is 4.68 Å².